The van der Waals surface area contributed by atoms with Crippen LogP contribution >= 0.6 is 22.7 Å². The number of nitrogens with two attached hydrogens (primary N) is 1. The van der Waals surface area contributed by atoms with Crippen LogP contribution in [0, 0.1) is 0 Å². The second-order valence-electron chi connectivity index (χ2n) is 6.27. The summed E-state index contributed by atoms with van der Waals surface area (Å²) in [4.78, 5) is 12.3. The van der Waals surface area contributed by atoms with Crippen molar-refractivity contribution in [1.82, 2.24) is 9.55 Å². The molecule has 1 aliphatic rings. The molecule has 8 heteroatoms. The van der Waals surface area contributed by atoms with Crippen LogP contribution in [0.25, 0.3) is 11.3 Å². The van der Waals surface area contributed by atoms with E-state index in [2.05, 4.69) is 44.1 Å². The van der Waals surface area contributed by atoms with Crippen LogP contribution in [0.5, 0.6) is 0 Å². The Morgan fingerprint density at radius 3 is 2.67 bits per heavy atom. The third kappa shape index (κ3) is 4.30. The quantitative estimate of drug-likeness (QED) is 0.689. The van der Waals surface area contributed by atoms with E-state index in [1.54, 1.807) is 28.9 Å². The molecule has 0 atom stereocenters. The van der Waals surface area contributed by atoms with E-state index in [1.165, 1.54) is 16.9 Å². The molecule has 0 radical (unpaired) electrons. The number of aromatic nitrogens is 2. The largest absolute Gasteiger partial charge is 0.378 e. The van der Waals surface area contributed by atoms with Gasteiger partial charge in [0, 0.05) is 42.3 Å². The van der Waals surface area contributed by atoms with Gasteiger partial charge in [0.05, 0.1) is 18.9 Å². The molecular formula is C19H23N5OS2. The lowest BCUT2D eigenvalue weighted by molar-refractivity contribution is 0.122. The predicted molar refractivity (Wildman–Crippen MR) is 112 cm³/mol. The first-order chi connectivity index (χ1) is 13.3. The summed E-state index contributed by atoms with van der Waals surface area (Å²) in [5.41, 5.74) is 9.38. The number of hydrogen-bond donors (Lipinski definition) is 1. The molecule has 0 amide bonds. The van der Waals surface area contributed by atoms with Crippen molar-refractivity contribution in [2.75, 3.05) is 37.7 Å². The van der Waals surface area contributed by atoms with E-state index in [9.17, 15) is 0 Å². The minimum atomic E-state index is 0.662. The van der Waals surface area contributed by atoms with Crippen molar-refractivity contribution < 1.29 is 4.74 Å². The van der Waals surface area contributed by atoms with Crippen molar-refractivity contribution in [3.05, 3.63) is 46.0 Å². The molecule has 27 heavy (non-hydrogen) atoms. The van der Waals surface area contributed by atoms with Crippen molar-refractivity contribution in [1.29, 1.82) is 0 Å². The molecule has 1 saturated heterocycles. The smallest absolute Gasteiger partial charge is 0.211 e. The fraction of sp³-hybridized carbons (Fsp3) is 0.368. The van der Waals surface area contributed by atoms with Gasteiger partial charge in [-0.1, -0.05) is 12.1 Å². The summed E-state index contributed by atoms with van der Waals surface area (Å²) in [6.45, 7) is 5.01. The number of rotatable bonds is 6. The Morgan fingerprint density at radius 2 is 1.96 bits per heavy atom. The van der Waals surface area contributed by atoms with E-state index in [-0.39, 0.29) is 0 Å². The molecule has 6 nitrogen and oxygen atoms in total. The van der Waals surface area contributed by atoms with E-state index in [4.69, 9.17) is 15.5 Å². The monoisotopic (exact) mass is 401 g/mol. The maximum absolute atomic E-state index is 5.76. The number of benzene rings is 1. The maximum Gasteiger partial charge on any atom is 0.211 e. The molecule has 3 heterocycles. The van der Waals surface area contributed by atoms with Gasteiger partial charge in [0.2, 0.25) is 5.13 Å². The van der Waals surface area contributed by atoms with Crippen LogP contribution in [0.3, 0.4) is 0 Å². The van der Waals surface area contributed by atoms with Crippen molar-refractivity contribution >= 4 is 33.5 Å². The Morgan fingerprint density at radius 1 is 1.15 bits per heavy atom. The molecule has 2 N–H and O–H groups in total. The molecule has 0 spiro atoms. The summed E-state index contributed by atoms with van der Waals surface area (Å²) in [5, 5.41) is 4.90. The number of morpholine rings is 1. The van der Waals surface area contributed by atoms with Gasteiger partial charge in [-0.2, -0.15) is 4.99 Å². The van der Waals surface area contributed by atoms with Gasteiger partial charge >= 0.3 is 0 Å². The van der Waals surface area contributed by atoms with E-state index < -0.39 is 0 Å². The molecule has 4 rings (SSSR count). The first-order valence-electron chi connectivity index (χ1n) is 9.11. The zero-order valence-corrected chi connectivity index (χ0v) is 16.7. The first kappa shape index (κ1) is 18.4. The molecule has 1 aliphatic heterocycles. The lowest BCUT2D eigenvalue weighted by Crippen LogP contribution is -2.36. The summed E-state index contributed by atoms with van der Waals surface area (Å²) >= 11 is 3.20. The molecule has 0 saturated carbocycles. The van der Waals surface area contributed by atoms with Gasteiger partial charge in [-0.3, -0.25) is 0 Å². The third-order valence-electron chi connectivity index (χ3n) is 4.53. The van der Waals surface area contributed by atoms with Gasteiger partial charge in [-0.25, -0.2) is 4.98 Å². The van der Waals surface area contributed by atoms with Gasteiger partial charge in [0.25, 0.3) is 0 Å². The van der Waals surface area contributed by atoms with Crippen molar-refractivity contribution in [2.24, 2.45) is 10.7 Å². The fourth-order valence-electron chi connectivity index (χ4n) is 3.13. The summed E-state index contributed by atoms with van der Waals surface area (Å²) in [5.74, 6) is 0. The Labute approximate surface area is 166 Å². The molecule has 2 aromatic heterocycles. The highest BCUT2D eigenvalue weighted by Gasteiger charge is 2.13. The van der Waals surface area contributed by atoms with Crippen LogP contribution in [0.2, 0.25) is 0 Å². The Hall–Kier alpha value is -2.00. The van der Waals surface area contributed by atoms with Crippen LogP contribution in [0.15, 0.2) is 46.2 Å². The minimum absolute atomic E-state index is 0.662. The minimum Gasteiger partial charge on any atom is -0.378 e. The van der Waals surface area contributed by atoms with Crippen molar-refractivity contribution in [3.63, 3.8) is 0 Å². The highest BCUT2D eigenvalue weighted by Crippen LogP contribution is 2.25. The summed E-state index contributed by atoms with van der Waals surface area (Å²) in [7, 11) is 0. The van der Waals surface area contributed by atoms with E-state index in [0.717, 1.165) is 49.2 Å². The van der Waals surface area contributed by atoms with Crippen LogP contribution in [0.1, 0.15) is 6.42 Å². The zero-order valence-electron chi connectivity index (χ0n) is 15.1. The second-order valence-corrected chi connectivity index (χ2v) is 7.98. The standard InChI is InChI=1S/C19H23N5OS2/c20-6-1-8-24-17(14-27-19(24)22-18-21-7-13-26-18)15-2-4-16(5-3-15)23-9-11-25-12-10-23/h2-5,7,13-14H,1,6,8-12,20H2/b22-19-. The fourth-order valence-corrected chi connectivity index (χ4v) is 4.63. The molecule has 0 aliphatic carbocycles. The first-order valence-corrected chi connectivity index (χ1v) is 10.9. The van der Waals surface area contributed by atoms with Gasteiger partial charge in [-0.05, 0) is 30.7 Å². The maximum atomic E-state index is 5.76. The number of anilines is 1. The zero-order chi connectivity index (χ0) is 18.5. The predicted octanol–water partition coefficient (Wildman–Crippen LogP) is 3.09. The van der Waals surface area contributed by atoms with E-state index >= 15 is 0 Å². The Balaban J connectivity index is 1.65. The molecule has 0 bridgehead atoms. The summed E-state index contributed by atoms with van der Waals surface area (Å²) < 4.78 is 7.70. The lowest BCUT2D eigenvalue weighted by atomic mass is 10.1. The molecule has 1 aromatic carbocycles. The van der Waals surface area contributed by atoms with Gasteiger partial charge in [0.15, 0.2) is 4.80 Å². The number of nitrogens with zero attached hydrogens (tertiary/aromatic N) is 4. The Kier molecular flexibility index (Phi) is 5.98. The normalized spacial score (nSPS) is 15.4. The number of thiazole rings is 2. The lowest BCUT2D eigenvalue weighted by Gasteiger charge is -2.28. The van der Waals surface area contributed by atoms with Crippen LogP contribution in [0.4, 0.5) is 10.8 Å². The van der Waals surface area contributed by atoms with Gasteiger partial charge in [-0.15, -0.1) is 22.7 Å². The summed E-state index contributed by atoms with van der Waals surface area (Å²) in [6, 6.07) is 8.78. The topological polar surface area (TPSA) is 68.7 Å². The molecule has 3 aromatic rings. The third-order valence-corrected chi connectivity index (χ3v) is 6.06. The van der Waals surface area contributed by atoms with Gasteiger partial charge in [0.1, 0.15) is 0 Å². The molecule has 142 valence electrons. The van der Waals surface area contributed by atoms with Crippen molar-refractivity contribution in [3.8, 4) is 11.3 Å². The van der Waals surface area contributed by atoms with Crippen LogP contribution in [-0.4, -0.2) is 42.4 Å². The van der Waals surface area contributed by atoms with Crippen LogP contribution < -0.4 is 15.4 Å². The highest BCUT2D eigenvalue weighted by atomic mass is 32.1. The second kappa shape index (κ2) is 8.79. The van der Waals surface area contributed by atoms with Crippen molar-refractivity contribution in [2.45, 2.75) is 13.0 Å². The molecule has 1 fully saturated rings. The van der Waals surface area contributed by atoms with E-state index in [0.29, 0.717) is 6.54 Å². The molecule has 0 unspecified atom stereocenters. The number of hydrogen-bond acceptors (Lipinski definition) is 7. The summed E-state index contributed by atoms with van der Waals surface area (Å²) in [6.07, 6.45) is 2.70. The molecular weight excluding hydrogens is 378 g/mol. The van der Waals surface area contributed by atoms with Gasteiger partial charge < -0.3 is 19.9 Å². The Bertz CT molecular complexity index is 908. The SMILES string of the molecule is NCCCn1c(-c2ccc(N3CCOCC3)cc2)cs/c1=N\c1nccs1. The average molecular weight is 402 g/mol. The van der Waals surface area contributed by atoms with Crippen LogP contribution in [-0.2, 0) is 11.3 Å². The van der Waals surface area contributed by atoms with E-state index in [1.807, 2.05) is 5.38 Å². The highest BCUT2D eigenvalue weighted by molar-refractivity contribution is 7.13. The number of ether oxygens (including phenoxy) is 1. The average Bonchev–Trinajstić information content (AvgIpc) is 3.38.